The lowest BCUT2D eigenvalue weighted by Gasteiger charge is -2.19. The molecule has 0 saturated heterocycles. The molecule has 23 heavy (non-hydrogen) atoms. The van der Waals surface area contributed by atoms with Crippen LogP contribution in [-0.4, -0.2) is 47.3 Å². The lowest BCUT2D eigenvalue weighted by atomic mass is 10.0. The fourth-order valence-electron chi connectivity index (χ4n) is 1.88. The van der Waals surface area contributed by atoms with Crippen LogP contribution in [0, 0.1) is 5.92 Å². The molecule has 0 saturated carbocycles. The molecule has 0 fully saturated rings. The Morgan fingerprint density at radius 1 is 1.35 bits per heavy atom. The Bertz CT molecular complexity index is 668. The van der Waals surface area contributed by atoms with E-state index < -0.39 is 34.0 Å². The third kappa shape index (κ3) is 5.64. The van der Waals surface area contributed by atoms with E-state index >= 15 is 0 Å². The highest BCUT2D eigenvalue weighted by molar-refractivity contribution is 7.89. The van der Waals surface area contributed by atoms with Crippen LogP contribution >= 0.6 is 0 Å². The minimum absolute atomic E-state index is 0.0683. The Kier molecular flexibility index (Phi) is 6.28. The number of sulfonamides is 1. The van der Waals surface area contributed by atoms with E-state index in [9.17, 15) is 18.0 Å². The van der Waals surface area contributed by atoms with E-state index in [0.29, 0.717) is 0 Å². The molecule has 130 valence electrons. The van der Waals surface area contributed by atoms with Crippen LogP contribution in [0.15, 0.2) is 17.3 Å². The minimum atomic E-state index is -3.90. The summed E-state index contributed by atoms with van der Waals surface area (Å²) < 4.78 is 27.7. The Labute approximate surface area is 135 Å². The topological polar surface area (TPSA) is 130 Å². The molecule has 3 N–H and O–H groups in total. The highest BCUT2D eigenvalue weighted by Gasteiger charge is 2.27. The fourth-order valence-corrected chi connectivity index (χ4v) is 3.07. The van der Waals surface area contributed by atoms with Crippen molar-refractivity contribution in [3.8, 4) is 0 Å². The number of carbonyl (C=O) groups excluding carboxylic acids is 1. The van der Waals surface area contributed by atoms with E-state index in [1.807, 2.05) is 13.8 Å². The van der Waals surface area contributed by atoms with E-state index in [0.717, 1.165) is 6.20 Å². The van der Waals surface area contributed by atoms with Gasteiger partial charge in [0.05, 0.1) is 12.2 Å². The Hall–Kier alpha value is -1.94. The van der Waals surface area contributed by atoms with Crippen molar-refractivity contribution >= 4 is 21.9 Å². The van der Waals surface area contributed by atoms with Crippen LogP contribution in [0.5, 0.6) is 0 Å². The molecular weight excluding hydrogens is 324 g/mol. The van der Waals surface area contributed by atoms with Crippen LogP contribution < -0.4 is 10.0 Å². The molecular formula is C13H22N4O5S. The van der Waals surface area contributed by atoms with E-state index in [1.165, 1.54) is 17.8 Å². The van der Waals surface area contributed by atoms with Gasteiger partial charge in [-0.3, -0.25) is 9.48 Å². The molecule has 0 aliphatic heterocycles. The van der Waals surface area contributed by atoms with Crippen molar-refractivity contribution in [2.45, 2.75) is 44.2 Å². The van der Waals surface area contributed by atoms with Crippen molar-refractivity contribution < 1.29 is 23.1 Å². The standard InChI is InChI=1S/C13H22N4O5S/c1-8(2)5-11(13(19)20)15-12(18)9(3)16-23(21,22)10-6-14-17(4)7-10/h6-9,11,16H,5H2,1-4H3,(H,15,18)(H,19,20)/t9?,11-/m0/s1. The minimum Gasteiger partial charge on any atom is -0.480 e. The normalized spacial score (nSPS) is 14.5. The summed E-state index contributed by atoms with van der Waals surface area (Å²) in [5.74, 6) is -1.79. The first-order chi connectivity index (χ1) is 10.5. The van der Waals surface area contributed by atoms with Gasteiger partial charge in [-0.15, -0.1) is 0 Å². The first-order valence-corrected chi connectivity index (χ1v) is 8.55. The smallest absolute Gasteiger partial charge is 0.326 e. The van der Waals surface area contributed by atoms with Crippen molar-refractivity contribution in [3.63, 3.8) is 0 Å². The molecule has 0 aromatic carbocycles. The predicted octanol–water partition coefficient (Wildman–Crippen LogP) is -0.298. The number of hydrogen-bond acceptors (Lipinski definition) is 5. The van der Waals surface area contributed by atoms with Crippen molar-refractivity contribution in [2.75, 3.05) is 0 Å². The van der Waals surface area contributed by atoms with Crippen molar-refractivity contribution in [2.24, 2.45) is 13.0 Å². The molecule has 1 heterocycles. The average Bonchev–Trinajstić information content (AvgIpc) is 2.84. The summed E-state index contributed by atoms with van der Waals surface area (Å²) >= 11 is 0. The van der Waals surface area contributed by atoms with E-state index in [4.69, 9.17) is 5.11 Å². The number of carbonyl (C=O) groups is 2. The maximum Gasteiger partial charge on any atom is 0.326 e. The predicted molar refractivity (Wildman–Crippen MR) is 82.0 cm³/mol. The van der Waals surface area contributed by atoms with Crippen molar-refractivity contribution in [1.82, 2.24) is 19.8 Å². The van der Waals surface area contributed by atoms with E-state index in [2.05, 4.69) is 15.1 Å². The van der Waals surface area contributed by atoms with E-state index in [1.54, 1.807) is 7.05 Å². The van der Waals surface area contributed by atoms with Gasteiger partial charge in [0.1, 0.15) is 10.9 Å². The number of hydrogen-bond donors (Lipinski definition) is 3. The summed E-state index contributed by atoms with van der Waals surface area (Å²) in [5, 5.41) is 15.2. The summed E-state index contributed by atoms with van der Waals surface area (Å²) in [6.07, 6.45) is 2.71. The number of aliphatic carboxylic acids is 1. The zero-order chi connectivity index (χ0) is 17.8. The van der Waals surface area contributed by atoms with Gasteiger partial charge >= 0.3 is 5.97 Å². The maximum atomic E-state index is 12.1. The summed E-state index contributed by atoms with van der Waals surface area (Å²) in [6.45, 7) is 5.00. The first-order valence-electron chi connectivity index (χ1n) is 7.07. The Morgan fingerprint density at radius 3 is 2.39 bits per heavy atom. The molecule has 0 spiro atoms. The maximum absolute atomic E-state index is 12.1. The molecule has 1 aromatic heterocycles. The third-order valence-electron chi connectivity index (χ3n) is 3.04. The van der Waals surface area contributed by atoms with Gasteiger partial charge in [-0.2, -0.15) is 9.82 Å². The number of nitrogens with zero attached hydrogens (tertiary/aromatic N) is 2. The molecule has 1 unspecified atom stereocenters. The summed E-state index contributed by atoms with van der Waals surface area (Å²) in [5.41, 5.74) is 0. The molecule has 0 aliphatic carbocycles. The van der Waals surface area contributed by atoms with Gasteiger partial charge in [-0.05, 0) is 19.3 Å². The molecule has 10 heteroatoms. The second-order valence-electron chi connectivity index (χ2n) is 5.72. The number of amides is 1. The fraction of sp³-hybridized carbons (Fsp3) is 0.615. The van der Waals surface area contributed by atoms with Gasteiger partial charge in [0.15, 0.2) is 0 Å². The monoisotopic (exact) mass is 346 g/mol. The highest BCUT2D eigenvalue weighted by Crippen LogP contribution is 2.08. The number of carboxylic acid groups (broad SMARTS) is 1. The van der Waals surface area contributed by atoms with Crippen molar-refractivity contribution in [3.05, 3.63) is 12.4 Å². The van der Waals surface area contributed by atoms with Crippen LogP contribution in [0.2, 0.25) is 0 Å². The molecule has 2 atom stereocenters. The lowest BCUT2D eigenvalue weighted by molar-refractivity contribution is -0.142. The Morgan fingerprint density at radius 2 is 1.96 bits per heavy atom. The zero-order valence-electron chi connectivity index (χ0n) is 13.5. The molecule has 0 radical (unpaired) electrons. The highest BCUT2D eigenvalue weighted by atomic mass is 32.2. The van der Waals surface area contributed by atoms with Gasteiger partial charge in [0.2, 0.25) is 15.9 Å². The van der Waals surface area contributed by atoms with Gasteiger partial charge in [0, 0.05) is 13.2 Å². The number of aryl methyl sites for hydroxylation is 1. The average molecular weight is 346 g/mol. The SMILES string of the molecule is CC(C)C[C@H](NC(=O)C(C)NS(=O)(=O)c1cnn(C)c1)C(=O)O. The molecule has 1 amide bonds. The number of rotatable bonds is 8. The molecule has 1 aromatic rings. The number of aromatic nitrogens is 2. The van der Waals surface area contributed by atoms with Crippen molar-refractivity contribution in [1.29, 1.82) is 0 Å². The van der Waals surface area contributed by atoms with Gasteiger partial charge in [0.25, 0.3) is 0 Å². The molecule has 0 bridgehead atoms. The van der Waals surface area contributed by atoms with Gasteiger partial charge in [-0.1, -0.05) is 13.8 Å². The largest absolute Gasteiger partial charge is 0.480 e. The third-order valence-corrected chi connectivity index (χ3v) is 4.53. The molecule has 0 aliphatic rings. The Balaban J connectivity index is 2.74. The summed E-state index contributed by atoms with van der Waals surface area (Å²) in [7, 11) is -2.34. The summed E-state index contributed by atoms with van der Waals surface area (Å²) in [6, 6.07) is -2.18. The molecule has 9 nitrogen and oxygen atoms in total. The van der Waals surface area contributed by atoms with E-state index in [-0.39, 0.29) is 17.2 Å². The van der Waals surface area contributed by atoms with Crippen LogP contribution in [-0.2, 0) is 26.7 Å². The van der Waals surface area contributed by atoms with Gasteiger partial charge < -0.3 is 10.4 Å². The quantitative estimate of drug-likeness (QED) is 0.592. The second-order valence-corrected chi connectivity index (χ2v) is 7.44. The lowest BCUT2D eigenvalue weighted by Crippen LogP contribution is -2.50. The van der Waals surface area contributed by atoms with Gasteiger partial charge in [-0.25, -0.2) is 13.2 Å². The number of carboxylic acids is 1. The van der Waals surface area contributed by atoms with Crippen LogP contribution in [0.25, 0.3) is 0 Å². The van der Waals surface area contributed by atoms with Crippen LogP contribution in [0.4, 0.5) is 0 Å². The zero-order valence-corrected chi connectivity index (χ0v) is 14.3. The summed E-state index contributed by atoms with van der Waals surface area (Å²) in [4.78, 5) is 23.1. The first kappa shape index (κ1) is 19.1. The van der Waals surface area contributed by atoms with Crippen LogP contribution in [0.3, 0.4) is 0 Å². The second kappa shape index (κ2) is 7.55. The number of nitrogens with one attached hydrogen (secondary N) is 2. The van der Waals surface area contributed by atoms with Crippen LogP contribution in [0.1, 0.15) is 27.2 Å². The molecule has 1 rings (SSSR count).